The Morgan fingerprint density at radius 3 is 2.48 bits per heavy atom. The maximum atomic E-state index is 12.4. The molecule has 0 atom stereocenters. The molecule has 1 aromatic carbocycles. The van der Waals surface area contributed by atoms with Gasteiger partial charge >= 0.3 is 0 Å². The van der Waals surface area contributed by atoms with Crippen LogP contribution in [0.15, 0.2) is 47.3 Å². The highest BCUT2D eigenvalue weighted by Gasteiger charge is 2.15. The molecule has 0 aliphatic carbocycles. The standard InChI is InChI=1S/C22H21N5O2S2/c1-13-19(31-22(25-13)16-7-5-4-6-8-16)17-9-10-18(28)27(26-17)12-11-23-21(29)20-14(2)24-15(3)30-20/h4-10H,11-12H2,1-3H3,(H,23,29). The second-order valence-electron chi connectivity index (χ2n) is 6.98. The fourth-order valence-corrected chi connectivity index (χ4v) is 5.04. The van der Waals surface area contributed by atoms with E-state index in [2.05, 4.69) is 20.4 Å². The van der Waals surface area contributed by atoms with Crippen molar-refractivity contribution in [2.24, 2.45) is 0 Å². The molecule has 0 spiro atoms. The van der Waals surface area contributed by atoms with Crippen LogP contribution in [0.3, 0.4) is 0 Å². The number of nitrogens with one attached hydrogen (secondary N) is 1. The Kier molecular flexibility index (Phi) is 6.06. The van der Waals surface area contributed by atoms with Crippen molar-refractivity contribution in [2.45, 2.75) is 27.3 Å². The Hall–Kier alpha value is -3.17. The second kappa shape index (κ2) is 8.91. The Balaban J connectivity index is 1.50. The lowest BCUT2D eigenvalue weighted by atomic mass is 10.2. The zero-order valence-corrected chi connectivity index (χ0v) is 19.0. The number of hydrogen-bond donors (Lipinski definition) is 1. The summed E-state index contributed by atoms with van der Waals surface area (Å²) in [5, 5.41) is 9.12. The van der Waals surface area contributed by atoms with Gasteiger partial charge in [-0.05, 0) is 26.8 Å². The minimum atomic E-state index is -0.215. The molecule has 1 N–H and O–H groups in total. The monoisotopic (exact) mass is 451 g/mol. The van der Waals surface area contributed by atoms with E-state index in [0.717, 1.165) is 26.1 Å². The van der Waals surface area contributed by atoms with Gasteiger partial charge in [0, 0.05) is 18.2 Å². The fourth-order valence-electron chi connectivity index (χ4n) is 3.17. The summed E-state index contributed by atoms with van der Waals surface area (Å²) in [6.07, 6.45) is 0. The van der Waals surface area contributed by atoms with E-state index in [0.29, 0.717) is 22.8 Å². The summed E-state index contributed by atoms with van der Waals surface area (Å²) in [5.74, 6) is -0.182. The van der Waals surface area contributed by atoms with Crippen molar-refractivity contribution in [3.63, 3.8) is 0 Å². The molecule has 31 heavy (non-hydrogen) atoms. The smallest absolute Gasteiger partial charge is 0.266 e. The average Bonchev–Trinajstić information content (AvgIpc) is 3.31. The molecule has 9 heteroatoms. The van der Waals surface area contributed by atoms with Crippen LogP contribution in [-0.2, 0) is 6.54 Å². The molecule has 0 aliphatic heterocycles. The normalized spacial score (nSPS) is 10.9. The van der Waals surface area contributed by atoms with Crippen LogP contribution in [0.2, 0.25) is 0 Å². The summed E-state index contributed by atoms with van der Waals surface area (Å²) < 4.78 is 1.38. The van der Waals surface area contributed by atoms with Crippen molar-refractivity contribution in [3.8, 4) is 21.1 Å². The first-order chi connectivity index (χ1) is 14.9. The van der Waals surface area contributed by atoms with Gasteiger partial charge in [-0.1, -0.05) is 30.3 Å². The number of hydrogen-bond acceptors (Lipinski definition) is 7. The fraction of sp³-hybridized carbons (Fsp3) is 0.227. The third-order valence-electron chi connectivity index (χ3n) is 4.64. The number of nitrogens with zero attached hydrogens (tertiary/aromatic N) is 4. The van der Waals surface area contributed by atoms with Crippen molar-refractivity contribution in [2.75, 3.05) is 6.54 Å². The largest absolute Gasteiger partial charge is 0.349 e. The molecule has 7 nitrogen and oxygen atoms in total. The molecular weight excluding hydrogens is 430 g/mol. The third-order valence-corrected chi connectivity index (χ3v) is 6.94. The number of carbonyl (C=O) groups excluding carboxylic acids is 1. The lowest BCUT2D eigenvalue weighted by Gasteiger charge is -2.08. The number of amides is 1. The van der Waals surface area contributed by atoms with Gasteiger partial charge in [-0.25, -0.2) is 14.6 Å². The molecule has 0 bridgehead atoms. The number of aromatic nitrogens is 4. The van der Waals surface area contributed by atoms with E-state index in [-0.39, 0.29) is 18.0 Å². The molecule has 0 fully saturated rings. The minimum absolute atomic E-state index is 0.182. The molecule has 4 rings (SSSR count). The van der Waals surface area contributed by atoms with E-state index in [1.807, 2.05) is 51.1 Å². The predicted octanol–water partition coefficient (Wildman–Crippen LogP) is 3.85. The van der Waals surface area contributed by atoms with Crippen LogP contribution >= 0.6 is 22.7 Å². The maximum absolute atomic E-state index is 12.4. The van der Waals surface area contributed by atoms with Crippen LogP contribution in [0, 0.1) is 20.8 Å². The van der Waals surface area contributed by atoms with Gasteiger partial charge in [0.2, 0.25) is 0 Å². The first-order valence-electron chi connectivity index (χ1n) is 9.76. The van der Waals surface area contributed by atoms with Gasteiger partial charge in [0.05, 0.1) is 27.8 Å². The zero-order valence-electron chi connectivity index (χ0n) is 17.4. The Bertz CT molecular complexity index is 1290. The lowest BCUT2D eigenvalue weighted by Crippen LogP contribution is -2.31. The Morgan fingerprint density at radius 2 is 1.77 bits per heavy atom. The molecule has 0 radical (unpaired) electrons. The van der Waals surface area contributed by atoms with E-state index < -0.39 is 0 Å². The first-order valence-corrected chi connectivity index (χ1v) is 11.4. The quantitative estimate of drug-likeness (QED) is 0.481. The van der Waals surface area contributed by atoms with E-state index in [1.54, 1.807) is 17.4 Å². The first kappa shape index (κ1) is 21.1. The zero-order chi connectivity index (χ0) is 22.0. The van der Waals surface area contributed by atoms with Gasteiger partial charge in [-0.15, -0.1) is 22.7 Å². The van der Waals surface area contributed by atoms with Crippen molar-refractivity contribution < 1.29 is 4.79 Å². The molecule has 1 amide bonds. The molecule has 3 heterocycles. The van der Waals surface area contributed by atoms with Gasteiger partial charge in [0.1, 0.15) is 15.6 Å². The Labute approximate surface area is 187 Å². The summed E-state index contributed by atoms with van der Waals surface area (Å²) in [6, 6.07) is 13.2. The van der Waals surface area contributed by atoms with Crippen LogP contribution in [0.4, 0.5) is 0 Å². The molecule has 0 saturated carbocycles. The van der Waals surface area contributed by atoms with Crippen molar-refractivity contribution in [1.29, 1.82) is 0 Å². The van der Waals surface area contributed by atoms with Crippen LogP contribution in [-0.4, -0.2) is 32.2 Å². The van der Waals surface area contributed by atoms with Gasteiger partial charge in [-0.2, -0.15) is 5.10 Å². The summed E-state index contributed by atoms with van der Waals surface area (Å²) in [5.41, 5.74) is 3.11. The van der Waals surface area contributed by atoms with E-state index in [4.69, 9.17) is 0 Å². The summed E-state index contributed by atoms with van der Waals surface area (Å²) in [4.78, 5) is 35.1. The molecule has 0 aliphatic rings. The van der Waals surface area contributed by atoms with Crippen LogP contribution in [0.5, 0.6) is 0 Å². The summed E-state index contributed by atoms with van der Waals surface area (Å²) >= 11 is 2.91. The minimum Gasteiger partial charge on any atom is -0.349 e. The molecule has 4 aromatic rings. The number of rotatable bonds is 6. The van der Waals surface area contributed by atoms with E-state index >= 15 is 0 Å². The van der Waals surface area contributed by atoms with Gasteiger partial charge in [0.15, 0.2) is 0 Å². The van der Waals surface area contributed by atoms with Crippen LogP contribution in [0.25, 0.3) is 21.1 Å². The number of aryl methyl sites for hydroxylation is 3. The highest BCUT2D eigenvalue weighted by Crippen LogP contribution is 2.33. The maximum Gasteiger partial charge on any atom is 0.266 e. The van der Waals surface area contributed by atoms with Gasteiger partial charge in [-0.3, -0.25) is 9.59 Å². The van der Waals surface area contributed by atoms with Gasteiger partial charge in [0.25, 0.3) is 11.5 Å². The molecule has 0 saturated heterocycles. The van der Waals surface area contributed by atoms with Crippen molar-refractivity contribution in [1.82, 2.24) is 25.1 Å². The average molecular weight is 452 g/mol. The molecule has 3 aromatic heterocycles. The number of thiazole rings is 2. The van der Waals surface area contributed by atoms with E-state index in [9.17, 15) is 9.59 Å². The second-order valence-corrected chi connectivity index (χ2v) is 9.19. The van der Waals surface area contributed by atoms with E-state index in [1.165, 1.54) is 22.1 Å². The number of benzene rings is 1. The third kappa shape index (κ3) is 4.62. The number of carbonyl (C=O) groups is 1. The summed E-state index contributed by atoms with van der Waals surface area (Å²) in [7, 11) is 0. The van der Waals surface area contributed by atoms with Gasteiger partial charge < -0.3 is 5.32 Å². The summed E-state index contributed by atoms with van der Waals surface area (Å²) in [6.45, 7) is 6.19. The molecule has 0 unspecified atom stereocenters. The Morgan fingerprint density at radius 1 is 1.00 bits per heavy atom. The van der Waals surface area contributed by atoms with Crippen LogP contribution in [0.1, 0.15) is 26.1 Å². The highest BCUT2D eigenvalue weighted by atomic mass is 32.1. The molecular formula is C22H21N5O2S2. The lowest BCUT2D eigenvalue weighted by molar-refractivity contribution is 0.0955. The highest BCUT2D eigenvalue weighted by molar-refractivity contribution is 7.18. The van der Waals surface area contributed by atoms with Crippen LogP contribution < -0.4 is 10.9 Å². The molecule has 158 valence electrons. The topological polar surface area (TPSA) is 89.8 Å². The SMILES string of the molecule is Cc1nc(C)c(C(=O)NCCn2nc(-c3sc(-c4ccccc4)nc3C)ccc2=O)s1. The van der Waals surface area contributed by atoms with Crippen molar-refractivity contribution >= 4 is 28.6 Å². The van der Waals surface area contributed by atoms with Crippen molar-refractivity contribution in [3.05, 3.63) is 74.1 Å². The predicted molar refractivity (Wildman–Crippen MR) is 124 cm³/mol.